The molecule has 0 aliphatic carbocycles. The summed E-state index contributed by atoms with van der Waals surface area (Å²) >= 11 is 0. The summed E-state index contributed by atoms with van der Waals surface area (Å²) in [5, 5.41) is 5.73. The van der Waals surface area contributed by atoms with Crippen molar-refractivity contribution in [1.82, 2.24) is 9.55 Å². The van der Waals surface area contributed by atoms with Crippen LogP contribution < -0.4 is 16.3 Å². The maximum atomic E-state index is 12.3. The largest absolute Gasteiger partial charge is 0.334 e. The van der Waals surface area contributed by atoms with Crippen LogP contribution >= 0.6 is 0 Å². The molecule has 2 aromatic carbocycles. The van der Waals surface area contributed by atoms with Gasteiger partial charge in [-0.3, -0.25) is 14.8 Å². The van der Waals surface area contributed by atoms with Crippen LogP contribution in [0.4, 0.5) is 5.82 Å². The molecule has 0 saturated carbocycles. The van der Waals surface area contributed by atoms with Crippen molar-refractivity contribution < 1.29 is 0 Å². The number of rotatable bonds is 4. The van der Waals surface area contributed by atoms with Crippen molar-refractivity contribution in [2.75, 3.05) is 12.1 Å². The summed E-state index contributed by atoms with van der Waals surface area (Å²) in [5.41, 5.74) is 1.69. The highest BCUT2D eigenvalue weighted by Crippen LogP contribution is 2.06. The topological polar surface area (TPSA) is 70.5 Å². The Morgan fingerprint density at radius 3 is 2.36 bits per heavy atom. The van der Waals surface area contributed by atoms with Gasteiger partial charge in [0.15, 0.2) is 0 Å². The van der Waals surface area contributed by atoms with Gasteiger partial charge in [-0.2, -0.15) is 5.10 Å². The van der Waals surface area contributed by atoms with Crippen molar-refractivity contribution in [2.24, 2.45) is 5.10 Å². The van der Waals surface area contributed by atoms with Crippen molar-refractivity contribution in [3.8, 4) is 5.69 Å². The highest BCUT2D eigenvalue weighted by molar-refractivity contribution is 5.80. The summed E-state index contributed by atoms with van der Waals surface area (Å²) in [4.78, 5) is 27.3. The number of hydrazone groups is 1. The zero-order chi connectivity index (χ0) is 17.8. The van der Waals surface area contributed by atoms with Gasteiger partial charge < -0.3 is 0 Å². The van der Waals surface area contributed by atoms with Crippen LogP contribution in [0.3, 0.4) is 0 Å². The lowest BCUT2D eigenvalue weighted by atomic mass is 10.2. The Kier molecular flexibility index (Phi) is 4.61. The number of benzene rings is 2. The lowest BCUT2D eigenvalue weighted by molar-refractivity contribution is 0.850. The summed E-state index contributed by atoms with van der Waals surface area (Å²) in [5.74, 6) is 0.325. The second-order valence-corrected chi connectivity index (χ2v) is 5.65. The third-order valence-electron chi connectivity index (χ3n) is 3.74. The van der Waals surface area contributed by atoms with Gasteiger partial charge >= 0.3 is 5.69 Å². The van der Waals surface area contributed by atoms with Crippen LogP contribution in [-0.2, 0) is 0 Å². The fraction of sp³-hybridized carbons (Fsp3) is 0.105. The normalized spacial score (nSPS) is 11.0. The Morgan fingerprint density at radius 2 is 1.72 bits per heavy atom. The Morgan fingerprint density at radius 1 is 1.04 bits per heavy atom. The number of hydrogen-bond acceptors (Lipinski definition) is 4. The molecule has 0 aliphatic rings. The van der Waals surface area contributed by atoms with E-state index in [9.17, 15) is 9.59 Å². The zero-order valence-corrected chi connectivity index (χ0v) is 14.0. The van der Waals surface area contributed by atoms with Gasteiger partial charge in [-0.1, -0.05) is 48.0 Å². The highest BCUT2D eigenvalue weighted by atomic mass is 16.2. The molecule has 0 amide bonds. The molecule has 1 heterocycles. The molecule has 6 heteroatoms. The monoisotopic (exact) mass is 334 g/mol. The van der Waals surface area contributed by atoms with E-state index in [-0.39, 0.29) is 0 Å². The van der Waals surface area contributed by atoms with Crippen molar-refractivity contribution in [3.05, 3.63) is 92.6 Å². The van der Waals surface area contributed by atoms with Crippen LogP contribution in [0.1, 0.15) is 11.1 Å². The summed E-state index contributed by atoms with van der Waals surface area (Å²) < 4.78 is 1.08. The first-order valence-electron chi connectivity index (χ1n) is 7.81. The summed E-state index contributed by atoms with van der Waals surface area (Å²) in [6, 6.07) is 18.0. The maximum Gasteiger partial charge on any atom is 0.334 e. The fourth-order valence-electron chi connectivity index (χ4n) is 2.35. The standard InChI is InChI=1S/C19H18N4O2/c1-14-8-10-15(11-9-14)13-20-22(2)17-12-18(24)23(19(25)21-17)16-6-4-3-5-7-16/h3-13H,1-2H3,(H,21,25)/b20-13+. The van der Waals surface area contributed by atoms with Crippen LogP contribution in [0.5, 0.6) is 0 Å². The second-order valence-electron chi connectivity index (χ2n) is 5.65. The van der Waals surface area contributed by atoms with E-state index < -0.39 is 11.2 Å². The van der Waals surface area contributed by atoms with Gasteiger partial charge in [-0.25, -0.2) is 9.36 Å². The Labute approximate surface area is 144 Å². The smallest absolute Gasteiger partial charge is 0.292 e. The first kappa shape index (κ1) is 16.4. The highest BCUT2D eigenvalue weighted by Gasteiger charge is 2.08. The minimum atomic E-state index is -0.508. The lowest BCUT2D eigenvalue weighted by Gasteiger charge is -2.13. The molecular weight excluding hydrogens is 316 g/mol. The molecule has 0 bridgehead atoms. The predicted molar refractivity (Wildman–Crippen MR) is 99.8 cm³/mol. The number of para-hydroxylation sites is 1. The summed E-state index contributed by atoms with van der Waals surface area (Å²) in [7, 11) is 1.67. The number of aromatic nitrogens is 2. The van der Waals surface area contributed by atoms with Gasteiger partial charge in [-0.05, 0) is 24.6 Å². The number of hydrogen-bond donors (Lipinski definition) is 1. The number of anilines is 1. The van der Waals surface area contributed by atoms with E-state index in [2.05, 4.69) is 10.1 Å². The molecule has 0 saturated heterocycles. The fourth-order valence-corrected chi connectivity index (χ4v) is 2.35. The summed E-state index contributed by atoms with van der Waals surface area (Å²) in [6.07, 6.45) is 1.67. The average molecular weight is 334 g/mol. The first-order chi connectivity index (χ1) is 12.0. The van der Waals surface area contributed by atoms with Gasteiger partial charge in [-0.15, -0.1) is 0 Å². The number of nitrogens with zero attached hydrogens (tertiary/aromatic N) is 3. The molecule has 1 aromatic heterocycles. The van der Waals surface area contributed by atoms with Gasteiger partial charge in [0, 0.05) is 13.1 Å². The molecule has 0 unspecified atom stereocenters. The van der Waals surface area contributed by atoms with Crippen molar-refractivity contribution in [3.63, 3.8) is 0 Å². The predicted octanol–water partition coefficient (Wildman–Crippen LogP) is 2.30. The Bertz CT molecular complexity index is 971. The molecule has 0 radical (unpaired) electrons. The SMILES string of the molecule is Cc1ccc(/C=N/N(C)c2cc(=O)n(-c3ccccc3)c(=O)[nH]2)cc1. The molecule has 3 rings (SSSR count). The molecule has 0 aliphatic heterocycles. The van der Waals surface area contributed by atoms with E-state index in [0.717, 1.165) is 10.1 Å². The van der Waals surface area contributed by atoms with Crippen molar-refractivity contribution >= 4 is 12.0 Å². The zero-order valence-electron chi connectivity index (χ0n) is 14.0. The number of nitrogens with one attached hydrogen (secondary N) is 1. The molecular formula is C19H18N4O2. The quantitative estimate of drug-likeness (QED) is 0.588. The van der Waals surface area contributed by atoms with Crippen molar-refractivity contribution in [2.45, 2.75) is 6.92 Å². The number of H-pyrrole nitrogens is 1. The molecule has 0 fully saturated rings. The molecule has 0 spiro atoms. The average Bonchev–Trinajstić information content (AvgIpc) is 2.61. The third-order valence-corrected chi connectivity index (χ3v) is 3.74. The van der Waals surface area contributed by atoms with Crippen LogP contribution in [0.25, 0.3) is 5.69 Å². The second kappa shape index (κ2) is 7.00. The van der Waals surface area contributed by atoms with Gasteiger partial charge in [0.05, 0.1) is 11.9 Å². The van der Waals surface area contributed by atoms with E-state index in [1.54, 1.807) is 37.5 Å². The summed E-state index contributed by atoms with van der Waals surface area (Å²) in [6.45, 7) is 2.01. The van der Waals surface area contributed by atoms with E-state index in [1.807, 2.05) is 37.3 Å². The Hall–Kier alpha value is -3.41. The number of aromatic amines is 1. The molecule has 25 heavy (non-hydrogen) atoms. The van der Waals surface area contributed by atoms with Crippen LogP contribution in [0.15, 0.2) is 75.4 Å². The van der Waals surface area contributed by atoms with Crippen LogP contribution in [0.2, 0.25) is 0 Å². The molecule has 6 nitrogen and oxygen atoms in total. The Balaban J connectivity index is 1.89. The molecule has 1 N–H and O–H groups in total. The maximum absolute atomic E-state index is 12.3. The molecule has 3 aromatic rings. The van der Waals surface area contributed by atoms with Crippen molar-refractivity contribution in [1.29, 1.82) is 0 Å². The van der Waals surface area contributed by atoms with E-state index in [1.165, 1.54) is 16.6 Å². The van der Waals surface area contributed by atoms with Gasteiger partial charge in [0.1, 0.15) is 5.82 Å². The van der Waals surface area contributed by atoms with E-state index in [0.29, 0.717) is 11.5 Å². The third kappa shape index (κ3) is 3.74. The van der Waals surface area contributed by atoms with Crippen LogP contribution in [0, 0.1) is 6.92 Å². The molecule has 0 atom stereocenters. The minimum Gasteiger partial charge on any atom is -0.292 e. The number of aryl methyl sites for hydroxylation is 1. The van der Waals surface area contributed by atoms with E-state index >= 15 is 0 Å². The molecule has 126 valence electrons. The van der Waals surface area contributed by atoms with E-state index in [4.69, 9.17) is 0 Å². The lowest BCUT2D eigenvalue weighted by Crippen LogP contribution is -2.34. The first-order valence-corrected chi connectivity index (χ1v) is 7.81. The van der Waals surface area contributed by atoms with Crippen LogP contribution in [-0.4, -0.2) is 22.8 Å². The van der Waals surface area contributed by atoms with Gasteiger partial charge in [0.25, 0.3) is 5.56 Å². The minimum absolute atomic E-state index is 0.325. The van der Waals surface area contributed by atoms with Gasteiger partial charge in [0.2, 0.25) is 0 Å².